The van der Waals surface area contributed by atoms with Gasteiger partial charge in [0.15, 0.2) is 0 Å². The highest BCUT2D eigenvalue weighted by Gasteiger charge is 2.33. The molecule has 2 aromatic rings. The van der Waals surface area contributed by atoms with Crippen LogP contribution in [-0.2, 0) is 19.3 Å². The zero-order chi connectivity index (χ0) is 16.1. The first-order chi connectivity index (χ1) is 10.3. The summed E-state index contributed by atoms with van der Waals surface area (Å²) in [5, 5.41) is -0.115. The molecule has 0 aliphatic carbocycles. The van der Waals surface area contributed by atoms with E-state index in [0.717, 1.165) is 12.3 Å². The fraction of sp³-hybridized carbons (Fsp3) is 0.308. The number of rotatable bonds is 1. The number of nitrogens with zero attached hydrogens (tertiary/aromatic N) is 3. The van der Waals surface area contributed by atoms with Gasteiger partial charge in [-0.25, -0.2) is 9.97 Å². The van der Waals surface area contributed by atoms with Crippen molar-refractivity contribution in [2.45, 2.75) is 26.2 Å². The van der Waals surface area contributed by atoms with Gasteiger partial charge in [0, 0.05) is 6.20 Å². The van der Waals surface area contributed by atoms with Gasteiger partial charge in [0.1, 0.15) is 11.6 Å². The number of alkyl halides is 3. The maximum Gasteiger partial charge on any atom is 0.417 e. The summed E-state index contributed by atoms with van der Waals surface area (Å²) in [7, 11) is 0. The molecule has 5 nitrogen and oxygen atoms in total. The number of aryl methyl sites for hydroxylation is 1. The standard InChI is InChI=1S/C13H10ClF3N4O/c1-6-19-10-5-21(4-8(10)12(22)20-6)11-9(14)2-7(3-18-11)13(15,16)17/h2-3H,4-5H2,1H3,(H,19,20,22). The van der Waals surface area contributed by atoms with Gasteiger partial charge in [-0.1, -0.05) is 11.6 Å². The van der Waals surface area contributed by atoms with E-state index in [9.17, 15) is 18.0 Å². The first-order valence-corrected chi connectivity index (χ1v) is 6.70. The minimum Gasteiger partial charge on any atom is -0.345 e. The number of aromatic amines is 1. The Bertz CT molecular complexity index is 803. The smallest absolute Gasteiger partial charge is 0.345 e. The fourth-order valence-electron chi connectivity index (χ4n) is 2.36. The Morgan fingerprint density at radius 2 is 2.09 bits per heavy atom. The number of hydrogen-bond donors (Lipinski definition) is 1. The predicted octanol–water partition coefficient (Wildman–Crippen LogP) is 2.67. The van der Waals surface area contributed by atoms with E-state index in [4.69, 9.17) is 11.6 Å². The van der Waals surface area contributed by atoms with Gasteiger partial charge in [0.05, 0.1) is 34.9 Å². The lowest BCUT2D eigenvalue weighted by atomic mass is 10.2. The van der Waals surface area contributed by atoms with E-state index < -0.39 is 11.7 Å². The molecule has 0 bridgehead atoms. The summed E-state index contributed by atoms with van der Waals surface area (Å²) >= 11 is 5.92. The van der Waals surface area contributed by atoms with Crippen molar-refractivity contribution in [2.75, 3.05) is 4.90 Å². The Hall–Kier alpha value is -2.09. The van der Waals surface area contributed by atoms with Gasteiger partial charge in [-0.15, -0.1) is 0 Å². The first kappa shape index (κ1) is 14.8. The molecule has 2 aromatic heterocycles. The van der Waals surface area contributed by atoms with Crippen LogP contribution < -0.4 is 10.5 Å². The third kappa shape index (κ3) is 2.54. The van der Waals surface area contributed by atoms with E-state index in [1.165, 1.54) is 0 Å². The Balaban J connectivity index is 1.95. The van der Waals surface area contributed by atoms with Crippen LogP contribution in [0.2, 0.25) is 5.02 Å². The first-order valence-electron chi connectivity index (χ1n) is 6.32. The molecule has 0 unspecified atom stereocenters. The fourth-order valence-corrected chi connectivity index (χ4v) is 2.64. The molecule has 3 rings (SSSR count). The van der Waals surface area contributed by atoms with E-state index in [2.05, 4.69) is 15.0 Å². The quantitative estimate of drug-likeness (QED) is 0.873. The second-order valence-corrected chi connectivity index (χ2v) is 5.37. The maximum atomic E-state index is 12.6. The number of anilines is 1. The monoisotopic (exact) mass is 330 g/mol. The average Bonchev–Trinajstić information content (AvgIpc) is 2.81. The molecule has 0 amide bonds. The van der Waals surface area contributed by atoms with Gasteiger partial charge in [-0.2, -0.15) is 13.2 Å². The number of hydrogen-bond acceptors (Lipinski definition) is 4. The van der Waals surface area contributed by atoms with Crippen LogP contribution in [0.25, 0.3) is 0 Å². The van der Waals surface area contributed by atoms with Gasteiger partial charge in [-0.3, -0.25) is 4.79 Å². The van der Waals surface area contributed by atoms with Crippen LogP contribution in [0.15, 0.2) is 17.1 Å². The molecule has 0 radical (unpaired) electrons. The molecule has 1 aliphatic rings. The second kappa shape index (κ2) is 4.98. The van der Waals surface area contributed by atoms with Crippen molar-refractivity contribution in [1.29, 1.82) is 0 Å². The van der Waals surface area contributed by atoms with Crippen molar-refractivity contribution in [2.24, 2.45) is 0 Å². The lowest BCUT2D eigenvalue weighted by Gasteiger charge is -2.18. The Morgan fingerprint density at radius 1 is 1.36 bits per heavy atom. The lowest BCUT2D eigenvalue weighted by molar-refractivity contribution is -0.137. The molecule has 22 heavy (non-hydrogen) atoms. The number of pyridine rings is 1. The molecule has 0 fully saturated rings. The lowest BCUT2D eigenvalue weighted by Crippen LogP contribution is -2.19. The Labute approximate surface area is 127 Å². The molecule has 0 saturated carbocycles. The zero-order valence-electron chi connectivity index (χ0n) is 11.3. The summed E-state index contributed by atoms with van der Waals surface area (Å²) in [5.74, 6) is 0.682. The summed E-state index contributed by atoms with van der Waals surface area (Å²) in [4.78, 5) is 24.1. The van der Waals surface area contributed by atoms with Crippen LogP contribution >= 0.6 is 11.6 Å². The minimum absolute atomic E-state index is 0.115. The molecule has 0 saturated heterocycles. The molecule has 0 aromatic carbocycles. The normalized spacial score (nSPS) is 14.3. The second-order valence-electron chi connectivity index (χ2n) is 4.96. The zero-order valence-corrected chi connectivity index (χ0v) is 12.1. The summed E-state index contributed by atoms with van der Waals surface area (Å²) in [5.41, 5.74) is -0.111. The van der Waals surface area contributed by atoms with Crippen molar-refractivity contribution >= 4 is 17.4 Å². The highest BCUT2D eigenvalue weighted by molar-refractivity contribution is 6.33. The third-order valence-electron chi connectivity index (χ3n) is 3.36. The van der Waals surface area contributed by atoms with Crippen LogP contribution in [0, 0.1) is 6.92 Å². The van der Waals surface area contributed by atoms with Crippen LogP contribution in [0.1, 0.15) is 22.6 Å². The molecule has 9 heteroatoms. The molecular formula is C13H10ClF3N4O. The molecule has 116 valence electrons. The molecular weight excluding hydrogens is 321 g/mol. The van der Waals surface area contributed by atoms with E-state index in [-0.39, 0.29) is 29.5 Å². The highest BCUT2D eigenvalue weighted by Crippen LogP contribution is 2.35. The highest BCUT2D eigenvalue weighted by atomic mass is 35.5. The molecule has 0 atom stereocenters. The van der Waals surface area contributed by atoms with Gasteiger partial charge in [-0.05, 0) is 13.0 Å². The van der Waals surface area contributed by atoms with Crippen molar-refractivity contribution < 1.29 is 13.2 Å². The number of aromatic nitrogens is 3. The molecule has 0 spiro atoms. The van der Waals surface area contributed by atoms with Crippen molar-refractivity contribution in [3.05, 3.63) is 50.3 Å². The van der Waals surface area contributed by atoms with E-state index in [0.29, 0.717) is 17.1 Å². The average molecular weight is 331 g/mol. The van der Waals surface area contributed by atoms with Crippen molar-refractivity contribution in [3.63, 3.8) is 0 Å². The Morgan fingerprint density at radius 3 is 2.73 bits per heavy atom. The van der Waals surface area contributed by atoms with E-state index >= 15 is 0 Å². The van der Waals surface area contributed by atoms with Crippen LogP contribution in [-0.4, -0.2) is 15.0 Å². The van der Waals surface area contributed by atoms with Crippen LogP contribution in [0.5, 0.6) is 0 Å². The van der Waals surface area contributed by atoms with Gasteiger partial charge in [0.2, 0.25) is 0 Å². The molecule has 1 aliphatic heterocycles. The number of halogens is 4. The minimum atomic E-state index is -4.50. The SMILES string of the molecule is Cc1nc2c(c(=O)[nH]1)CN(c1ncc(C(F)(F)F)cc1Cl)C2. The number of H-pyrrole nitrogens is 1. The van der Waals surface area contributed by atoms with Gasteiger partial charge >= 0.3 is 6.18 Å². The van der Waals surface area contributed by atoms with Gasteiger partial charge in [0.25, 0.3) is 5.56 Å². The van der Waals surface area contributed by atoms with Crippen LogP contribution in [0.4, 0.5) is 19.0 Å². The number of nitrogens with one attached hydrogen (secondary N) is 1. The van der Waals surface area contributed by atoms with Gasteiger partial charge < -0.3 is 9.88 Å². The molecule has 1 N–H and O–H groups in total. The molecule has 3 heterocycles. The van der Waals surface area contributed by atoms with Crippen molar-refractivity contribution in [1.82, 2.24) is 15.0 Å². The number of fused-ring (bicyclic) bond motifs is 1. The summed E-state index contributed by atoms with van der Waals surface area (Å²) in [6.07, 6.45) is -3.77. The Kier molecular flexibility index (Phi) is 3.36. The summed E-state index contributed by atoms with van der Waals surface area (Å²) < 4.78 is 37.9. The summed E-state index contributed by atoms with van der Waals surface area (Å²) in [6.45, 7) is 2.14. The summed E-state index contributed by atoms with van der Waals surface area (Å²) in [6, 6.07) is 0.829. The third-order valence-corrected chi connectivity index (χ3v) is 3.64. The van der Waals surface area contributed by atoms with E-state index in [1.54, 1.807) is 11.8 Å². The van der Waals surface area contributed by atoms with Crippen LogP contribution in [0.3, 0.4) is 0 Å². The van der Waals surface area contributed by atoms with E-state index in [1.807, 2.05) is 0 Å². The topological polar surface area (TPSA) is 61.9 Å². The maximum absolute atomic E-state index is 12.6. The largest absolute Gasteiger partial charge is 0.417 e. The predicted molar refractivity (Wildman–Crippen MR) is 73.7 cm³/mol. The van der Waals surface area contributed by atoms with Crippen molar-refractivity contribution in [3.8, 4) is 0 Å².